The second-order valence-electron chi connectivity index (χ2n) is 7.01. The number of ether oxygens (including phenoxy) is 1. The van der Waals surface area contributed by atoms with E-state index in [1.54, 1.807) is 18.2 Å². The van der Waals surface area contributed by atoms with Crippen molar-refractivity contribution in [2.24, 2.45) is 0 Å². The fourth-order valence-corrected chi connectivity index (χ4v) is 4.06. The van der Waals surface area contributed by atoms with E-state index in [-0.39, 0.29) is 6.67 Å². The molecule has 1 heterocycles. The van der Waals surface area contributed by atoms with Gasteiger partial charge in [0.2, 0.25) is 5.01 Å². The molecule has 2 nitrogen and oxygen atoms in total. The topological polar surface area (TPSA) is 22.1 Å². The van der Waals surface area contributed by atoms with Gasteiger partial charge in [0.1, 0.15) is 5.75 Å². The summed E-state index contributed by atoms with van der Waals surface area (Å²) in [6.45, 7) is -0.383. The summed E-state index contributed by atoms with van der Waals surface area (Å²) in [6, 6.07) is 13.2. The molecule has 0 atom stereocenters. The van der Waals surface area contributed by atoms with Crippen molar-refractivity contribution < 1.29 is 31.1 Å². The number of nitrogens with zero attached hydrogens (tertiary/aromatic N) is 1. The molecule has 0 aliphatic carbocycles. The zero-order valence-electron chi connectivity index (χ0n) is 16.3. The average molecular weight is 467 g/mol. The highest BCUT2D eigenvalue weighted by atomic mass is 32.1. The van der Waals surface area contributed by atoms with Crippen molar-refractivity contribution in [2.45, 2.75) is 19.0 Å². The van der Waals surface area contributed by atoms with Crippen molar-refractivity contribution in [3.63, 3.8) is 0 Å². The predicted octanol–water partition coefficient (Wildman–Crippen LogP) is 7.41. The van der Waals surface area contributed by atoms with Gasteiger partial charge in [-0.25, -0.2) is 18.2 Å². The lowest BCUT2D eigenvalue weighted by atomic mass is 10.0. The third kappa shape index (κ3) is 4.57. The molecule has 0 fully saturated rings. The van der Waals surface area contributed by atoms with Crippen LogP contribution in [0.4, 0.5) is 26.3 Å². The van der Waals surface area contributed by atoms with Crippen LogP contribution in [0.3, 0.4) is 0 Å². The molecule has 9 heteroatoms. The Bertz CT molecular complexity index is 1230. The van der Waals surface area contributed by atoms with E-state index in [0.717, 1.165) is 16.7 Å². The Morgan fingerprint density at radius 3 is 2.19 bits per heavy atom. The van der Waals surface area contributed by atoms with Crippen LogP contribution in [0, 0.1) is 17.5 Å². The largest absolute Gasteiger partial charge is 0.454 e. The van der Waals surface area contributed by atoms with Crippen LogP contribution in [-0.2, 0) is 12.5 Å². The molecule has 0 saturated carbocycles. The lowest BCUT2D eigenvalue weighted by Gasteiger charge is -2.15. The second kappa shape index (κ2) is 8.82. The lowest BCUT2D eigenvalue weighted by molar-refractivity contribution is -0.185. The maximum atomic E-state index is 14.6. The number of fused-ring (bicyclic) bond motifs is 1. The molecule has 0 bridgehead atoms. The number of hydrogen-bond acceptors (Lipinski definition) is 3. The fraction of sp³-hybridized carbons (Fsp3) is 0.174. The van der Waals surface area contributed by atoms with Crippen LogP contribution in [0.25, 0.3) is 21.3 Å². The molecular formula is C23H15F6NOS. The van der Waals surface area contributed by atoms with E-state index in [0.29, 0.717) is 46.5 Å². The van der Waals surface area contributed by atoms with Crippen LogP contribution in [0.5, 0.6) is 5.75 Å². The third-order valence-electron chi connectivity index (χ3n) is 4.73. The average Bonchev–Trinajstić information content (AvgIpc) is 3.20. The summed E-state index contributed by atoms with van der Waals surface area (Å²) < 4.78 is 86.0. The molecular weight excluding hydrogens is 452 g/mol. The zero-order valence-corrected chi connectivity index (χ0v) is 17.2. The maximum Gasteiger partial charge on any atom is 0.454 e. The smallest absolute Gasteiger partial charge is 0.427 e. The van der Waals surface area contributed by atoms with Gasteiger partial charge in [0, 0.05) is 12.1 Å². The predicted molar refractivity (Wildman–Crippen MR) is 110 cm³/mol. The van der Waals surface area contributed by atoms with E-state index in [9.17, 15) is 26.3 Å². The first kappa shape index (κ1) is 22.1. The maximum absolute atomic E-state index is 14.6. The Kier molecular flexibility index (Phi) is 6.10. The third-order valence-corrected chi connectivity index (χ3v) is 5.80. The quantitative estimate of drug-likeness (QED) is 0.209. The molecule has 0 spiro atoms. The van der Waals surface area contributed by atoms with Crippen LogP contribution in [0.2, 0.25) is 0 Å². The summed E-state index contributed by atoms with van der Waals surface area (Å²) in [6.07, 6.45) is -2.91. The Morgan fingerprint density at radius 1 is 0.875 bits per heavy atom. The highest BCUT2D eigenvalue weighted by molar-refractivity contribution is 7.18. The standard InChI is InChI=1S/C23H15F6NOS/c24-9-1-2-13-3-5-14(6-4-13)15-7-8-19-20(10-15)32-22(30-19)23(28,29)31-16-11-17(25)21(27)18(26)12-16/h3-8,10-12H,1-2,9H2. The van der Waals surface area contributed by atoms with Gasteiger partial charge in [0.15, 0.2) is 17.5 Å². The van der Waals surface area contributed by atoms with Crippen molar-refractivity contribution in [1.29, 1.82) is 0 Å². The van der Waals surface area contributed by atoms with Gasteiger partial charge in [0.25, 0.3) is 0 Å². The zero-order chi connectivity index (χ0) is 22.9. The fourth-order valence-electron chi connectivity index (χ4n) is 3.15. The summed E-state index contributed by atoms with van der Waals surface area (Å²) in [4.78, 5) is 3.87. The molecule has 0 aliphatic heterocycles. The lowest BCUT2D eigenvalue weighted by Crippen LogP contribution is -2.21. The number of rotatable bonds is 7. The van der Waals surface area contributed by atoms with Gasteiger partial charge in [-0.3, -0.25) is 4.39 Å². The van der Waals surface area contributed by atoms with Crippen LogP contribution < -0.4 is 4.74 Å². The number of hydrogen-bond donors (Lipinski definition) is 0. The van der Waals surface area contributed by atoms with Crippen LogP contribution in [0.1, 0.15) is 17.0 Å². The summed E-state index contributed by atoms with van der Waals surface area (Å²) in [5.74, 6) is -5.91. The number of halogens is 6. The van der Waals surface area contributed by atoms with Crippen molar-refractivity contribution in [3.8, 4) is 16.9 Å². The summed E-state index contributed by atoms with van der Waals surface area (Å²) >= 11 is 0.669. The van der Waals surface area contributed by atoms with Gasteiger partial charge >= 0.3 is 6.11 Å². The van der Waals surface area contributed by atoms with Crippen molar-refractivity contribution in [1.82, 2.24) is 4.98 Å². The molecule has 1 aromatic heterocycles. The minimum Gasteiger partial charge on any atom is -0.427 e. The Balaban J connectivity index is 1.59. The molecule has 4 aromatic rings. The Hall–Kier alpha value is -3.07. The van der Waals surface area contributed by atoms with E-state index in [4.69, 9.17) is 0 Å². The van der Waals surface area contributed by atoms with E-state index in [1.807, 2.05) is 24.3 Å². The van der Waals surface area contributed by atoms with E-state index in [2.05, 4.69) is 9.72 Å². The molecule has 0 amide bonds. The van der Waals surface area contributed by atoms with Gasteiger partial charge in [-0.2, -0.15) is 8.78 Å². The molecule has 32 heavy (non-hydrogen) atoms. The first-order valence-corrected chi connectivity index (χ1v) is 10.4. The Morgan fingerprint density at radius 2 is 1.53 bits per heavy atom. The molecule has 166 valence electrons. The Labute approximate surface area is 183 Å². The van der Waals surface area contributed by atoms with E-state index < -0.39 is 34.3 Å². The number of aryl methyl sites for hydroxylation is 1. The summed E-state index contributed by atoms with van der Waals surface area (Å²) in [7, 11) is 0. The summed E-state index contributed by atoms with van der Waals surface area (Å²) in [5.41, 5.74) is 2.92. The molecule has 0 radical (unpaired) electrons. The minimum absolute atomic E-state index is 0.299. The molecule has 0 N–H and O–H groups in total. The van der Waals surface area contributed by atoms with Gasteiger partial charge < -0.3 is 4.74 Å². The highest BCUT2D eigenvalue weighted by Gasteiger charge is 2.39. The molecule has 0 aliphatic rings. The first-order chi connectivity index (χ1) is 15.3. The molecule has 0 unspecified atom stereocenters. The van der Waals surface area contributed by atoms with Gasteiger partial charge in [-0.1, -0.05) is 30.3 Å². The first-order valence-electron chi connectivity index (χ1n) is 9.54. The van der Waals surface area contributed by atoms with Gasteiger partial charge in [-0.05, 0) is 41.7 Å². The SMILES string of the molecule is FCCCc1ccc(-c2ccc3nc(C(F)(F)Oc4cc(F)c(F)c(F)c4)sc3c2)cc1. The van der Waals surface area contributed by atoms with Gasteiger partial charge in [-0.15, -0.1) is 11.3 Å². The summed E-state index contributed by atoms with van der Waals surface area (Å²) in [5, 5.41) is -0.712. The van der Waals surface area contributed by atoms with Crippen LogP contribution in [0.15, 0.2) is 54.6 Å². The number of aromatic nitrogens is 1. The molecule has 4 rings (SSSR count). The monoisotopic (exact) mass is 467 g/mol. The minimum atomic E-state index is -3.99. The van der Waals surface area contributed by atoms with E-state index >= 15 is 0 Å². The van der Waals surface area contributed by atoms with Crippen molar-refractivity contribution in [3.05, 3.63) is 82.6 Å². The van der Waals surface area contributed by atoms with Crippen molar-refractivity contribution >= 4 is 21.6 Å². The second-order valence-corrected chi connectivity index (χ2v) is 8.04. The van der Waals surface area contributed by atoms with Crippen LogP contribution >= 0.6 is 11.3 Å². The molecule has 3 aromatic carbocycles. The van der Waals surface area contributed by atoms with E-state index in [1.165, 1.54) is 0 Å². The van der Waals surface area contributed by atoms with Crippen molar-refractivity contribution in [2.75, 3.05) is 6.67 Å². The van der Waals surface area contributed by atoms with Gasteiger partial charge in [0.05, 0.1) is 16.9 Å². The number of thiazole rings is 1. The molecule has 0 saturated heterocycles. The van der Waals surface area contributed by atoms with Crippen LogP contribution in [-0.4, -0.2) is 11.7 Å². The number of alkyl halides is 3. The number of benzene rings is 3. The highest BCUT2D eigenvalue weighted by Crippen LogP contribution is 2.38. The normalized spacial score (nSPS) is 11.8.